The number of amides is 1. The second-order valence-electron chi connectivity index (χ2n) is 4.74. The van der Waals surface area contributed by atoms with Crippen molar-refractivity contribution in [3.8, 4) is 0 Å². The van der Waals surface area contributed by atoms with Crippen molar-refractivity contribution in [2.45, 2.75) is 38.1 Å². The minimum atomic E-state index is 0.136. The molecule has 18 heavy (non-hydrogen) atoms. The van der Waals surface area contributed by atoms with Crippen molar-refractivity contribution in [2.75, 3.05) is 11.9 Å². The molecule has 0 aromatic heterocycles. The van der Waals surface area contributed by atoms with Gasteiger partial charge in [0.1, 0.15) is 0 Å². The molecule has 0 spiro atoms. The molecule has 0 aliphatic heterocycles. The number of rotatable bonds is 5. The van der Waals surface area contributed by atoms with Crippen molar-refractivity contribution >= 4 is 23.2 Å². The minimum absolute atomic E-state index is 0.136. The van der Waals surface area contributed by atoms with Crippen LogP contribution in [0.15, 0.2) is 24.3 Å². The van der Waals surface area contributed by atoms with Gasteiger partial charge in [-0.2, -0.15) is 0 Å². The topological polar surface area (TPSA) is 41.1 Å². The van der Waals surface area contributed by atoms with Gasteiger partial charge in [-0.3, -0.25) is 4.79 Å². The molecule has 0 unspecified atom stereocenters. The highest BCUT2D eigenvalue weighted by atomic mass is 35.5. The molecule has 0 bridgehead atoms. The van der Waals surface area contributed by atoms with E-state index in [2.05, 4.69) is 10.6 Å². The quantitative estimate of drug-likeness (QED) is 0.859. The second kappa shape index (κ2) is 6.64. The highest BCUT2D eigenvalue weighted by Gasteiger charge is 2.16. The van der Waals surface area contributed by atoms with Gasteiger partial charge in [0.2, 0.25) is 5.91 Å². The Labute approximate surface area is 113 Å². The molecule has 2 rings (SSSR count). The van der Waals surface area contributed by atoms with Crippen molar-refractivity contribution in [3.63, 3.8) is 0 Å². The molecular weight excluding hydrogens is 248 g/mol. The number of carbonyl (C=O) groups is 1. The normalized spacial score (nSPS) is 15.6. The third-order valence-electron chi connectivity index (χ3n) is 3.23. The van der Waals surface area contributed by atoms with Crippen LogP contribution in [-0.4, -0.2) is 18.5 Å². The average Bonchev–Trinajstić information content (AvgIpc) is 2.82. The molecule has 1 aliphatic carbocycles. The number of halogens is 1. The molecule has 1 aliphatic rings. The fourth-order valence-corrected chi connectivity index (χ4v) is 2.48. The van der Waals surface area contributed by atoms with Crippen LogP contribution in [0.25, 0.3) is 0 Å². The van der Waals surface area contributed by atoms with E-state index in [9.17, 15) is 4.79 Å². The van der Waals surface area contributed by atoms with Crippen LogP contribution in [0.4, 0.5) is 5.69 Å². The molecule has 0 heterocycles. The zero-order chi connectivity index (χ0) is 12.8. The van der Waals surface area contributed by atoms with Gasteiger partial charge in [-0.05, 0) is 31.0 Å². The first-order valence-corrected chi connectivity index (χ1v) is 6.90. The Hall–Kier alpha value is -1.22. The maximum absolute atomic E-state index is 11.7. The lowest BCUT2D eigenvalue weighted by Gasteiger charge is -2.12. The molecule has 2 N–H and O–H groups in total. The van der Waals surface area contributed by atoms with Crippen LogP contribution in [0.2, 0.25) is 5.02 Å². The molecule has 0 radical (unpaired) electrons. The van der Waals surface area contributed by atoms with E-state index in [0.717, 1.165) is 18.5 Å². The Morgan fingerprint density at radius 1 is 1.33 bits per heavy atom. The molecule has 4 heteroatoms. The Bertz CT molecular complexity index is 403. The first-order valence-electron chi connectivity index (χ1n) is 6.53. The number of hydrogen-bond acceptors (Lipinski definition) is 2. The van der Waals surface area contributed by atoms with Crippen molar-refractivity contribution in [2.24, 2.45) is 0 Å². The van der Waals surface area contributed by atoms with E-state index in [-0.39, 0.29) is 5.91 Å². The van der Waals surface area contributed by atoms with Gasteiger partial charge >= 0.3 is 0 Å². The van der Waals surface area contributed by atoms with Gasteiger partial charge in [0.15, 0.2) is 0 Å². The van der Waals surface area contributed by atoms with Crippen LogP contribution in [0.5, 0.6) is 0 Å². The van der Waals surface area contributed by atoms with E-state index in [1.807, 2.05) is 24.3 Å². The molecule has 1 amide bonds. The van der Waals surface area contributed by atoms with E-state index in [1.165, 1.54) is 12.8 Å². The van der Waals surface area contributed by atoms with E-state index < -0.39 is 0 Å². The minimum Gasteiger partial charge on any atom is -0.384 e. The summed E-state index contributed by atoms with van der Waals surface area (Å²) in [6.45, 7) is 0.638. The van der Waals surface area contributed by atoms with E-state index in [4.69, 9.17) is 11.6 Å². The van der Waals surface area contributed by atoms with Crippen LogP contribution in [0.3, 0.4) is 0 Å². The number of anilines is 1. The standard InChI is InChI=1S/C14H19ClN2O/c15-11-4-3-7-13(10-11)16-9-8-14(18)17-12-5-1-2-6-12/h3-4,7,10,12,16H,1-2,5-6,8-9H2,(H,17,18). The van der Waals surface area contributed by atoms with Crippen molar-refractivity contribution in [3.05, 3.63) is 29.3 Å². The lowest BCUT2D eigenvalue weighted by molar-refractivity contribution is -0.121. The Morgan fingerprint density at radius 3 is 2.83 bits per heavy atom. The van der Waals surface area contributed by atoms with Crippen molar-refractivity contribution < 1.29 is 4.79 Å². The van der Waals surface area contributed by atoms with Gasteiger partial charge in [-0.15, -0.1) is 0 Å². The van der Waals surface area contributed by atoms with Crippen LogP contribution in [-0.2, 0) is 4.79 Å². The average molecular weight is 267 g/mol. The Morgan fingerprint density at radius 2 is 2.11 bits per heavy atom. The molecular formula is C14H19ClN2O. The fraction of sp³-hybridized carbons (Fsp3) is 0.500. The van der Waals surface area contributed by atoms with Crippen molar-refractivity contribution in [1.82, 2.24) is 5.32 Å². The maximum Gasteiger partial charge on any atom is 0.221 e. The van der Waals surface area contributed by atoms with Crippen LogP contribution < -0.4 is 10.6 Å². The number of nitrogens with one attached hydrogen (secondary N) is 2. The summed E-state index contributed by atoms with van der Waals surface area (Å²) in [7, 11) is 0. The summed E-state index contributed by atoms with van der Waals surface area (Å²) in [4.78, 5) is 11.7. The predicted molar refractivity (Wildman–Crippen MR) is 75.0 cm³/mol. The molecule has 1 aromatic rings. The number of carbonyl (C=O) groups excluding carboxylic acids is 1. The van der Waals surface area contributed by atoms with E-state index in [1.54, 1.807) is 0 Å². The first-order chi connectivity index (χ1) is 8.74. The van der Waals surface area contributed by atoms with Gasteiger partial charge in [-0.25, -0.2) is 0 Å². The number of benzene rings is 1. The van der Waals surface area contributed by atoms with E-state index >= 15 is 0 Å². The third-order valence-corrected chi connectivity index (χ3v) is 3.46. The van der Waals surface area contributed by atoms with Gasteiger partial charge in [0, 0.05) is 29.7 Å². The SMILES string of the molecule is O=C(CCNc1cccc(Cl)c1)NC1CCCC1. The fourth-order valence-electron chi connectivity index (χ4n) is 2.29. The second-order valence-corrected chi connectivity index (χ2v) is 5.17. The Balaban J connectivity index is 1.66. The predicted octanol–water partition coefficient (Wildman–Crippen LogP) is 3.20. The molecule has 0 saturated heterocycles. The van der Waals surface area contributed by atoms with Gasteiger partial charge in [0.05, 0.1) is 0 Å². The maximum atomic E-state index is 11.7. The molecule has 1 saturated carbocycles. The third kappa shape index (κ3) is 4.22. The first kappa shape index (κ1) is 13.2. The number of hydrogen-bond donors (Lipinski definition) is 2. The van der Waals surface area contributed by atoms with Gasteiger partial charge < -0.3 is 10.6 Å². The smallest absolute Gasteiger partial charge is 0.221 e. The summed E-state index contributed by atoms with van der Waals surface area (Å²) in [5, 5.41) is 6.97. The molecule has 3 nitrogen and oxygen atoms in total. The molecule has 0 atom stereocenters. The van der Waals surface area contributed by atoms with Crippen LogP contribution in [0, 0.1) is 0 Å². The van der Waals surface area contributed by atoms with Gasteiger partial charge in [0.25, 0.3) is 0 Å². The monoisotopic (exact) mass is 266 g/mol. The summed E-state index contributed by atoms with van der Waals surface area (Å²) in [6, 6.07) is 7.93. The lowest BCUT2D eigenvalue weighted by atomic mass is 10.2. The van der Waals surface area contributed by atoms with Crippen LogP contribution >= 0.6 is 11.6 Å². The molecule has 1 aromatic carbocycles. The lowest BCUT2D eigenvalue weighted by Crippen LogP contribution is -2.33. The summed E-state index contributed by atoms with van der Waals surface area (Å²) in [6.07, 6.45) is 5.25. The van der Waals surface area contributed by atoms with Gasteiger partial charge in [-0.1, -0.05) is 30.5 Å². The highest BCUT2D eigenvalue weighted by Crippen LogP contribution is 2.17. The zero-order valence-corrected chi connectivity index (χ0v) is 11.2. The summed E-state index contributed by atoms with van der Waals surface area (Å²) in [5.74, 6) is 0.136. The summed E-state index contributed by atoms with van der Waals surface area (Å²) >= 11 is 5.88. The zero-order valence-electron chi connectivity index (χ0n) is 10.4. The van der Waals surface area contributed by atoms with Crippen molar-refractivity contribution in [1.29, 1.82) is 0 Å². The summed E-state index contributed by atoms with van der Waals surface area (Å²) in [5.41, 5.74) is 0.955. The molecule has 98 valence electrons. The van der Waals surface area contributed by atoms with E-state index in [0.29, 0.717) is 24.0 Å². The van der Waals surface area contributed by atoms with Crippen LogP contribution in [0.1, 0.15) is 32.1 Å². The highest BCUT2D eigenvalue weighted by molar-refractivity contribution is 6.30. The largest absolute Gasteiger partial charge is 0.384 e. The Kier molecular flexibility index (Phi) is 4.88. The molecule has 1 fully saturated rings. The summed E-state index contributed by atoms with van der Waals surface area (Å²) < 4.78 is 0.